The maximum atomic E-state index is 12.2. The smallest absolute Gasteiger partial charge is 0.224 e. The maximum absolute atomic E-state index is 12.2. The number of nitrogens with zero attached hydrogens (tertiary/aromatic N) is 6. The molecule has 0 atom stereocenters. The zero-order valence-electron chi connectivity index (χ0n) is 13.7. The molecule has 1 aromatic carbocycles. The minimum Gasteiger partial charge on any atom is -0.340 e. The molecule has 0 saturated carbocycles. The molecule has 7 heteroatoms. The number of benzene rings is 1. The molecule has 0 radical (unpaired) electrons. The third-order valence-electron chi connectivity index (χ3n) is 4.14. The number of hydrogen-bond acceptors (Lipinski definition) is 5. The van der Waals surface area contributed by atoms with Crippen LogP contribution in [0.4, 0.5) is 0 Å². The van der Waals surface area contributed by atoms with Crippen LogP contribution < -0.4 is 0 Å². The normalized spacial score (nSPS) is 15.9. The van der Waals surface area contributed by atoms with E-state index in [0.29, 0.717) is 13.0 Å². The van der Waals surface area contributed by atoms with Crippen molar-refractivity contribution in [1.82, 2.24) is 30.0 Å². The van der Waals surface area contributed by atoms with Gasteiger partial charge in [0.25, 0.3) is 0 Å². The number of amides is 1. The summed E-state index contributed by atoms with van der Waals surface area (Å²) < 4.78 is 1.59. The van der Waals surface area contributed by atoms with Crippen LogP contribution in [-0.4, -0.2) is 68.6 Å². The van der Waals surface area contributed by atoms with Gasteiger partial charge in [-0.3, -0.25) is 9.69 Å². The fraction of sp³-hybridized carbons (Fsp3) is 0.412. The average molecular weight is 326 g/mol. The summed E-state index contributed by atoms with van der Waals surface area (Å²) in [5, 5.41) is 10.9. The monoisotopic (exact) mass is 326 g/mol. The topological polar surface area (TPSA) is 67.2 Å². The molecule has 126 valence electrons. The van der Waals surface area contributed by atoms with Crippen molar-refractivity contribution in [2.45, 2.75) is 13.0 Å². The second-order valence-corrected chi connectivity index (χ2v) is 5.82. The first-order valence-electron chi connectivity index (χ1n) is 8.24. The number of rotatable bonds is 6. The number of tetrazole rings is 1. The van der Waals surface area contributed by atoms with Crippen molar-refractivity contribution < 1.29 is 4.79 Å². The SMILES string of the molecule is O=C(CCn1cnnn1)N1CCN(CC=Cc2ccccc2)CC1. The molecule has 0 spiro atoms. The second-order valence-electron chi connectivity index (χ2n) is 5.82. The van der Waals surface area contributed by atoms with Crippen molar-refractivity contribution in [2.24, 2.45) is 0 Å². The molecule has 24 heavy (non-hydrogen) atoms. The van der Waals surface area contributed by atoms with Crippen LogP contribution in [0.25, 0.3) is 6.08 Å². The van der Waals surface area contributed by atoms with E-state index in [1.165, 1.54) is 11.9 Å². The van der Waals surface area contributed by atoms with E-state index in [1.54, 1.807) is 4.68 Å². The Morgan fingerprint density at radius 3 is 2.62 bits per heavy atom. The van der Waals surface area contributed by atoms with Crippen molar-refractivity contribution in [1.29, 1.82) is 0 Å². The van der Waals surface area contributed by atoms with Crippen LogP contribution in [-0.2, 0) is 11.3 Å². The summed E-state index contributed by atoms with van der Waals surface area (Å²) in [6, 6.07) is 10.3. The van der Waals surface area contributed by atoms with E-state index >= 15 is 0 Å². The molecule has 1 fully saturated rings. The van der Waals surface area contributed by atoms with Gasteiger partial charge in [0, 0.05) is 39.1 Å². The quantitative estimate of drug-likeness (QED) is 0.790. The molecule has 1 amide bonds. The molecule has 1 aromatic heterocycles. The number of carbonyl (C=O) groups excluding carboxylic acids is 1. The Hall–Kier alpha value is -2.54. The van der Waals surface area contributed by atoms with E-state index < -0.39 is 0 Å². The Labute approximate surface area is 141 Å². The molecule has 1 aliphatic rings. The van der Waals surface area contributed by atoms with Crippen LogP contribution in [0.5, 0.6) is 0 Å². The van der Waals surface area contributed by atoms with Crippen LogP contribution >= 0.6 is 0 Å². The number of aryl methyl sites for hydroxylation is 1. The van der Waals surface area contributed by atoms with Gasteiger partial charge in [-0.05, 0) is 16.0 Å². The molecule has 0 bridgehead atoms. The fourth-order valence-electron chi connectivity index (χ4n) is 2.73. The Bertz CT molecular complexity index is 647. The van der Waals surface area contributed by atoms with Crippen molar-refractivity contribution >= 4 is 12.0 Å². The van der Waals surface area contributed by atoms with Gasteiger partial charge in [0.2, 0.25) is 5.91 Å². The predicted molar refractivity (Wildman–Crippen MR) is 90.9 cm³/mol. The lowest BCUT2D eigenvalue weighted by atomic mass is 10.2. The van der Waals surface area contributed by atoms with Gasteiger partial charge < -0.3 is 4.90 Å². The Morgan fingerprint density at radius 2 is 1.92 bits per heavy atom. The molecule has 2 heterocycles. The lowest BCUT2D eigenvalue weighted by Crippen LogP contribution is -2.48. The van der Waals surface area contributed by atoms with Crippen LogP contribution in [0.3, 0.4) is 0 Å². The molecule has 1 aliphatic heterocycles. The lowest BCUT2D eigenvalue weighted by Gasteiger charge is -2.34. The molecule has 3 rings (SSSR count). The van der Waals surface area contributed by atoms with Crippen molar-refractivity contribution in [3.8, 4) is 0 Å². The van der Waals surface area contributed by atoms with Crippen LogP contribution in [0, 0.1) is 0 Å². The first kappa shape index (κ1) is 16.3. The zero-order chi connectivity index (χ0) is 16.6. The van der Waals surface area contributed by atoms with E-state index in [2.05, 4.69) is 44.7 Å². The third-order valence-corrected chi connectivity index (χ3v) is 4.14. The highest BCUT2D eigenvalue weighted by molar-refractivity contribution is 5.76. The Morgan fingerprint density at radius 1 is 1.12 bits per heavy atom. The molecule has 2 aromatic rings. The number of aromatic nitrogens is 4. The highest BCUT2D eigenvalue weighted by atomic mass is 16.2. The minimum absolute atomic E-state index is 0.171. The molecular formula is C17H22N6O. The van der Waals surface area contributed by atoms with Gasteiger partial charge in [0.1, 0.15) is 6.33 Å². The van der Waals surface area contributed by atoms with Gasteiger partial charge in [0.15, 0.2) is 0 Å². The van der Waals surface area contributed by atoms with E-state index in [-0.39, 0.29) is 5.91 Å². The first-order valence-corrected chi connectivity index (χ1v) is 8.24. The second kappa shape index (κ2) is 8.35. The number of hydrogen-bond donors (Lipinski definition) is 0. The van der Waals surface area contributed by atoms with Gasteiger partial charge in [-0.1, -0.05) is 42.5 Å². The summed E-state index contributed by atoms with van der Waals surface area (Å²) >= 11 is 0. The maximum Gasteiger partial charge on any atom is 0.224 e. The molecule has 1 saturated heterocycles. The highest BCUT2D eigenvalue weighted by Crippen LogP contribution is 2.06. The van der Waals surface area contributed by atoms with E-state index in [1.807, 2.05) is 23.1 Å². The van der Waals surface area contributed by atoms with Gasteiger partial charge in [-0.25, -0.2) is 4.68 Å². The number of piperazine rings is 1. The van der Waals surface area contributed by atoms with Crippen LogP contribution in [0.15, 0.2) is 42.7 Å². The average Bonchev–Trinajstić information content (AvgIpc) is 3.15. The third kappa shape index (κ3) is 4.73. The van der Waals surface area contributed by atoms with Gasteiger partial charge in [0.05, 0.1) is 6.54 Å². The number of carbonyl (C=O) groups is 1. The zero-order valence-corrected chi connectivity index (χ0v) is 13.7. The predicted octanol–water partition coefficient (Wildman–Crippen LogP) is 0.921. The molecule has 0 unspecified atom stereocenters. The van der Waals surface area contributed by atoms with Gasteiger partial charge in [-0.2, -0.15) is 0 Å². The van der Waals surface area contributed by atoms with E-state index in [0.717, 1.165) is 32.7 Å². The van der Waals surface area contributed by atoms with E-state index in [9.17, 15) is 4.79 Å². The van der Waals surface area contributed by atoms with Crippen molar-refractivity contribution in [3.63, 3.8) is 0 Å². The van der Waals surface area contributed by atoms with Crippen molar-refractivity contribution in [3.05, 3.63) is 48.3 Å². The Kier molecular flexibility index (Phi) is 5.68. The summed E-state index contributed by atoms with van der Waals surface area (Å²) in [5.74, 6) is 0.171. The van der Waals surface area contributed by atoms with Gasteiger partial charge >= 0.3 is 0 Å². The highest BCUT2D eigenvalue weighted by Gasteiger charge is 2.20. The van der Waals surface area contributed by atoms with Crippen LogP contribution in [0.2, 0.25) is 0 Å². The molecule has 0 aliphatic carbocycles. The minimum atomic E-state index is 0.171. The fourth-order valence-corrected chi connectivity index (χ4v) is 2.73. The first-order chi connectivity index (χ1) is 11.8. The molecule has 0 N–H and O–H groups in total. The summed E-state index contributed by atoms with van der Waals surface area (Å²) in [7, 11) is 0. The van der Waals surface area contributed by atoms with Crippen LogP contribution in [0.1, 0.15) is 12.0 Å². The standard InChI is InChI=1S/C17H22N6O/c24-17(8-10-23-15-18-19-20-23)22-13-11-21(12-14-22)9-4-7-16-5-2-1-3-6-16/h1-7,15H,8-14H2. The summed E-state index contributed by atoms with van der Waals surface area (Å²) in [6.07, 6.45) is 6.30. The lowest BCUT2D eigenvalue weighted by molar-refractivity contribution is -0.133. The van der Waals surface area contributed by atoms with E-state index in [4.69, 9.17) is 0 Å². The summed E-state index contributed by atoms with van der Waals surface area (Å²) in [5.41, 5.74) is 1.22. The van der Waals surface area contributed by atoms with Gasteiger partial charge in [-0.15, -0.1) is 5.10 Å². The molecule has 7 nitrogen and oxygen atoms in total. The Balaban J connectivity index is 1.37. The summed E-state index contributed by atoms with van der Waals surface area (Å²) in [4.78, 5) is 16.5. The largest absolute Gasteiger partial charge is 0.340 e. The van der Waals surface area contributed by atoms with Crippen molar-refractivity contribution in [2.75, 3.05) is 32.7 Å². The summed E-state index contributed by atoms with van der Waals surface area (Å²) in [6.45, 7) is 4.85. The molecular weight excluding hydrogens is 304 g/mol.